The normalized spacial score (nSPS) is 13.5. The molecular formula is C16H20N2O3. The SMILES string of the molecule is CCCCCNC(=O)CCN1C(=O)c2ccccc2C1=O. The molecule has 1 aromatic carbocycles. The van der Waals surface area contributed by atoms with Crippen molar-refractivity contribution in [2.45, 2.75) is 32.6 Å². The highest BCUT2D eigenvalue weighted by Gasteiger charge is 2.34. The molecule has 2 rings (SSSR count). The van der Waals surface area contributed by atoms with E-state index in [-0.39, 0.29) is 30.7 Å². The lowest BCUT2D eigenvalue weighted by molar-refractivity contribution is -0.121. The van der Waals surface area contributed by atoms with Crippen molar-refractivity contribution in [2.24, 2.45) is 0 Å². The maximum Gasteiger partial charge on any atom is 0.261 e. The predicted molar refractivity (Wildman–Crippen MR) is 79.0 cm³/mol. The average Bonchev–Trinajstić information content (AvgIpc) is 2.74. The number of fused-ring (bicyclic) bond motifs is 1. The Morgan fingerprint density at radius 1 is 1.10 bits per heavy atom. The third-order valence-corrected chi connectivity index (χ3v) is 3.54. The van der Waals surface area contributed by atoms with Crippen LogP contribution in [0.3, 0.4) is 0 Å². The molecule has 21 heavy (non-hydrogen) atoms. The molecule has 1 aromatic rings. The number of rotatable bonds is 7. The molecule has 0 aliphatic carbocycles. The molecule has 0 aromatic heterocycles. The van der Waals surface area contributed by atoms with Crippen LogP contribution in [-0.4, -0.2) is 35.7 Å². The van der Waals surface area contributed by atoms with E-state index in [1.54, 1.807) is 24.3 Å². The van der Waals surface area contributed by atoms with Crippen molar-refractivity contribution in [3.63, 3.8) is 0 Å². The minimum atomic E-state index is -0.311. The van der Waals surface area contributed by atoms with Gasteiger partial charge in [0.15, 0.2) is 0 Å². The van der Waals surface area contributed by atoms with Crippen LogP contribution in [0.5, 0.6) is 0 Å². The molecule has 0 saturated carbocycles. The first-order valence-electron chi connectivity index (χ1n) is 7.37. The predicted octanol–water partition coefficient (Wildman–Crippen LogP) is 1.98. The standard InChI is InChI=1S/C16H20N2O3/c1-2-3-6-10-17-14(19)9-11-18-15(20)12-7-4-5-8-13(12)16(18)21/h4-5,7-8H,2-3,6,9-11H2,1H3,(H,17,19). The second kappa shape index (κ2) is 7.02. The Bertz CT molecular complexity index is 519. The number of nitrogens with zero attached hydrogens (tertiary/aromatic N) is 1. The summed E-state index contributed by atoms with van der Waals surface area (Å²) in [6, 6.07) is 6.74. The summed E-state index contributed by atoms with van der Waals surface area (Å²) in [6.45, 7) is 2.88. The summed E-state index contributed by atoms with van der Waals surface area (Å²) >= 11 is 0. The number of carbonyl (C=O) groups excluding carboxylic acids is 3. The molecule has 3 amide bonds. The molecule has 1 heterocycles. The van der Waals surface area contributed by atoms with Gasteiger partial charge in [-0.05, 0) is 18.6 Å². The first-order valence-corrected chi connectivity index (χ1v) is 7.37. The van der Waals surface area contributed by atoms with Crippen LogP contribution in [-0.2, 0) is 4.79 Å². The molecule has 0 atom stereocenters. The number of carbonyl (C=O) groups is 3. The average molecular weight is 288 g/mol. The minimum Gasteiger partial charge on any atom is -0.356 e. The monoisotopic (exact) mass is 288 g/mol. The Labute approximate surface area is 124 Å². The Balaban J connectivity index is 1.84. The Morgan fingerprint density at radius 2 is 1.71 bits per heavy atom. The van der Waals surface area contributed by atoms with Crippen molar-refractivity contribution in [1.29, 1.82) is 0 Å². The van der Waals surface area contributed by atoms with E-state index in [2.05, 4.69) is 12.2 Å². The van der Waals surface area contributed by atoms with Gasteiger partial charge in [0.2, 0.25) is 5.91 Å². The van der Waals surface area contributed by atoms with Crippen LogP contribution in [0.25, 0.3) is 0 Å². The first kappa shape index (κ1) is 15.2. The van der Waals surface area contributed by atoms with Crippen molar-refractivity contribution >= 4 is 17.7 Å². The lowest BCUT2D eigenvalue weighted by atomic mass is 10.1. The van der Waals surface area contributed by atoms with Crippen LogP contribution in [0.1, 0.15) is 53.3 Å². The van der Waals surface area contributed by atoms with E-state index in [0.29, 0.717) is 17.7 Å². The second-order valence-corrected chi connectivity index (χ2v) is 5.11. The van der Waals surface area contributed by atoms with E-state index in [1.807, 2.05) is 0 Å². The van der Waals surface area contributed by atoms with Crippen molar-refractivity contribution in [2.75, 3.05) is 13.1 Å². The van der Waals surface area contributed by atoms with Gasteiger partial charge in [-0.1, -0.05) is 31.9 Å². The third kappa shape index (κ3) is 3.48. The van der Waals surface area contributed by atoms with E-state index in [4.69, 9.17) is 0 Å². The fourth-order valence-electron chi connectivity index (χ4n) is 2.35. The molecule has 0 bridgehead atoms. The molecule has 0 radical (unpaired) electrons. The van der Waals surface area contributed by atoms with Gasteiger partial charge in [-0.15, -0.1) is 0 Å². The first-order chi connectivity index (χ1) is 10.1. The van der Waals surface area contributed by atoms with Gasteiger partial charge >= 0.3 is 0 Å². The van der Waals surface area contributed by atoms with Crippen LogP contribution < -0.4 is 5.32 Å². The summed E-state index contributed by atoms with van der Waals surface area (Å²) in [4.78, 5) is 37.0. The summed E-state index contributed by atoms with van der Waals surface area (Å²) in [7, 11) is 0. The van der Waals surface area contributed by atoms with Gasteiger partial charge < -0.3 is 5.32 Å². The summed E-state index contributed by atoms with van der Waals surface area (Å²) in [5, 5.41) is 2.80. The highest BCUT2D eigenvalue weighted by molar-refractivity contribution is 6.21. The van der Waals surface area contributed by atoms with Crippen LogP contribution in [0.15, 0.2) is 24.3 Å². The van der Waals surface area contributed by atoms with Crippen molar-refractivity contribution < 1.29 is 14.4 Å². The van der Waals surface area contributed by atoms with Gasteiger partial charge in [0, 0.05) is 19.5 Å². The van der Waals surface area contributed by atoms with Gasteiger partial charge in [-0.25, -0.2) is 0 Å². The number of hydrogen-bond donors (Lipinski definition) is 1. The molecule has 5 heteroatoms. The molecule has 0 fully saturated rings. The lowest BCUT2D eigenvalue weighted by Crippen LogP contribution is -2.34. The van der Waals surface area contributed by atoms with E-state index < -0.39 is 0 Å². The zero-order chi connectivity index (χ0) is 15.2. The molecule has 1 N–H and O–H groups in total. The lowest BCUT2D eigenvalue weighted by Gasteiger charge is -2.13. The largest absolute Gasteiger partial charge is 0.356 e. The summed E-state index contributed by atoms with van der Waals surface area (Å²) in [5.74, 6) is -0.744. The van der Waals surface area contributed by atoms with Gasteiger partial charge in [0.05, 0.1) is 11.1 Å². The molecule has 112 valence electrons. The molecule has 0 unspecified atom stereocenters. The quantitative estimate of drug-likeness (QED) is 0.616. The smallest absolute Gasteiger partial charge is 0.261 e. The summed E-state index contributed by atoms with van der Waals surface area (Å²) in [5.41, 5.74) is 0.844. The van der Waals surface area contributed by atoms with E-state index >= 15 is 0 Å². The van der Waals surface area contributed by atoms with Gasteiger partial charge in [0.25, 0.3) is 11.8 Å². The van der Waals surface area contributed by atoms with E-state index in [0.717, 1.165) is 24.2 Å². The van der Waals surface area contributed by atoms with E-state index in [9.17, 15) is 14.4 Å². The number of imide groups is 1. The Kier molecular flexibility index (Phi) is 5.09. The molecular weight excluding hydrogens is 268 g/mol. The fourth-order valence-corrected chi connectivity index (χ4v) is 2.35. The molecule has 1 aliphatic rings. The summed E-state index contributed by atoms with van der Waals surface area (Å²) < 4.78 is 0. The Hall–Kier alpha value is -2.17. The van der Waals surface area contributed by atoms with Gasteiger partial charge in [0.1, 0.15) is 0 Å². The molecule has 5 nitrogen and oxygen atoms in total. The molecule has 1 aliphatic heterocycles. The topological polar surface area (TPSA) is 66.5 Å². The van der Waals surface area contributed by atoms with Crippen molar-refractivity contribution in [3.05, 3.63) is 35.4 Å². The number of amides is 3. The fraction of sp³-hybridized carbons (Fsp3) is 0.438. The van der Waals surface area contributed by atoms with Crippen LogP contribution in [0.2, 0.25) is 0 Å². The molecule has 0 saturated heterocycles. The van der Waals surface area contributed by atoms with Crippen LogP contribution in [0.4, 0.5) is 0 Å². The Morgan fingerprint density at radius 3 is 2.29 bits per heavy atom. The molecule has 0 spiro atoms. The van der Waals surface area contributed by atoms with Crippen molar-refractivity contribution in [3.8, 4) is 0 Å². The highest BCUT2D eigenvalue weighted by Crippen LogP contribution is 2.22. The van der Waals surface area contributed by atoms with Gasteiger partial charge in [-0.3, -0.25) is 19.3 Å². The second-order valence-electron chi connectivity index (χ2n) is 5.11. The minimum absolute atomic E-state index is 0.123. The zero-order valence-corrected chi connectivity index (χ0v) is 12.2. The number of unbranched alkanes of at least 4 members (excludes halogenated alkanes) is 2. The van der Waals surface area contributed by atoms with Crippen molar-refractivity contribution in [1.82, 2.24) is 10.2 Å². The maximum absolute atomic E-state index is 12.1. The van der Waals surface area contributed by atoms with Gasteiger partial charge in [-0.2, -0.15) is 0 Å². The maximum atomic E-state index is 12.1. The van der Waals surface area contributed by atoms with E-state index in [1.165, 1.54) is 0 Å². The highest BCUT2D eigenvalue weighted by atomic mass is 16.2. The van der Waals surface area contributed by atoms with Crippen LogP contribution in [0, 0.1) is 0 Å². The number of hydrogen-bond acceptors (Lipinski definition) is 3. The third-order valence-electron chi connectivity index (χ3n) is 3.54. The summed E-state index contributed by atoms with van der Waals surface area (Å²) in [6.07, 6.45) is 3.29. The van der Waals surface area contributed by atoms with Crippen LogP contribution >= 0.6 is 0 Å². The number of benzene rings is 1. The zero-order valence-electron chi connectivity index (χ0n) is 12.2. The number of nitrogens with one attached hydrogen (secondary N) is 1.